The number of pyridine rings is 1. The molecule has 1 atom stereocenters. The molecular formula is C16H21FN4O3. The number of hydrogen-bond donors (Lipinski definition) is 1. The smallest absolute Gasteiger partial charge is 0.270 e. The Morgan fingerprint density at radius 2 is 2.12 bits per heavy atom. The number of carbonyl (C=O) groups is 2. The van der Waals surface area contributed by atoms with Crippen LogP contribution in [0.15, 0.2) is 18.3 Å². The van der Waals surface area contributed by atoms with Crippen molar-refractivity contribution in [2.45, 2.75) is 12.5 Å². The first-order valence-electron chi connectivity index (χ1n) is 8.12. The van der Waals surface area contributed by atoms with Crippen LogP contribution in [-0.4, -0.2) is 78.6 Å². The number of rotatable bonds is 5. The number of ether oxygens (including phenoxy) is 1. The summed E-state index contributed by atoms with van der Waals surface area (Å²) in [7, 11) is 0. The molecule has 0 bridgehead atoms. The van der Waals surface area contributed by atoms with Crippen LogP contribution in [0.25, 0.3) is 0 Å². The van der Waals surface area contributed by atoms with E-state index in [4.69, 9.17) is 4.74 Å². The minimum Gasteiger partial charge on any atom is -0.379 e. The van der Waals surface area contributed by atoms with Gasteiger partial charge in [0.15, 0.2) is 0 Å². The van der Waals surface area contributed by atoms with Crippen molar-refractivity contribution in [1.82, 2.24) is 20.1 Å². The molecular weight excluding hydrogens is 315 g/mol. The third-order valence-electron chi connectivity index (χ3n) is 4.30. The number of amides is 2. The Bertz CT molecular complexity index is 589. The van der Waals surface area contributed by atoms with E-state index < -0.39 is 5.82 Å². The molecule has 0 spiro atoms. The van der Waals surface area contributed by atoms with Gasteiger partial charge in [0, 0.05) is 39.1 Å². The van der Waals surface area contributed by atoms with E-state index in [1.807, 2.05) is 0 Å². The molecule has 0 aliphatic carbocycles. The molecule has 8 heteroatoms. The number of carbonyl (C=O) groups excluding carboxylic acids is 2. The van der Waals surface area contributed by atoms with Crippen LogP contribution in [0.4, 0.5) is 4.39 Å². The van der Waals surface area contributed by atoms with E-state index in [1.54, 1.807) is 4.90 Å². The fourth-order valence-corrected chi connectivity index (χ4v) is 2.94. The van der Waals surface area contributed by atoms with Crippen LogP contribution in [0, 0.1) is 5.82 Å². The van der Waals surface area contributed by atoms with E-state index in [9.17, 15) is 14.0 Å². The van der Waals surface area contributed by atoms with Gasteiger partial charge in [0.1, 0.15) is 11.5 Å². The quantitative estimate of drug-likeness (QED) is 0.812. The lowest BCUT2D eigenvalue weighted by atomic mass is 10.2. The van der Waals surface area contributed by atoms with Gasteiger partial charge in [-0.2, -0.15) is 0 Å². The summed E-state index contributed by atoms with van der Waals surface area (Å²) in [5.74, 6) is -0.833. The number of nitrogens with one attached hydrogen (secondary N) is 1. The summed E-state index contributed by atoms with van der Waals surface area (Å²) in [4.78, 5) is 32.0. The van der Waals surface area contributed by atoms with Gasteiger partial charge in [0.05, 0.1) is 25.5 Å². The number of halogens is 1. The van der Waals surface area contributed by atoms with Crippen LogP contribution in [0.2, 0.25) is 0 Å². The average molecular weight is 336 g/mol. The second-order valence-electron chi connectivity index (χ2n) is 6.03. The summed E-state index contributed by atoms with van der Waals surface area (Å²) in [6.07, 6.45) is 1.29. The van der Waals surface area contributed by atoms with Crippen molar-refractivity contribution >= 4 is 11.8 Å². The average Bonchev–Trinajstić information content (AvgIpc) is 2.94. The van der Waals surface area contributed by atoms with Crippen LogP contribution in [0.1, 0.15) is 16.9 Å². The monoisotopic (exact) mass is 336 g/mol. The predicted molar refractivity (Wildman–Crippen MR) is 83.9 cm³/mol. The fraction of sp³-hybridized carbons (Fsp3) is 0.562. The molecule has 1 aromatic rings. The van der Waals surface area contributed by atoms with Crippen molar-refractivity contribution in [2.75, 3.05) is 45.9 Å². The predicted octanol–water partition coefficient (Wildman–Crippen LogP) is -0.116. The molecule has 130 valence electrons. The van der Waals surface area contributed by atoms with Gasteiger partial charge in [-0.15, -0.1) is 0 Å². The third-order valence-corrected chi connectivity index (χ3v) is 4.30. The Morgan fingerprint density at radius 3 is 2.83 bits per heavy atom. The molecule has 2 fully saturated rings. The Morgan fingerprint density at radius 1 is 1.33 bits per heavy atom. The van der Waals surface area contributed by atoms with Crippen molar-refractivity contribution in [3.63, 3.8) is 0 Å². The minimum absolute atomic E-state index is 0.0422. The zero-order valence-corrected chi connectivity index (χ0v) is 13.4. The van der Waals surface area contributed by atoms with Crippen molar-refractivity contribution in [2.24, 2.45) is 0 Å². The molecule has 2 amide bonds. The summed E-state index contributed by atoms with van der Waals surface area (Å²) < 4.78 is 18.1. The van der Waals surface area contributed by atoms with Gasteiger partial charge >= 0.3 is 0 Å². The normalized spacial score (nSPS) is 22.0. The van der Waals surface area contributed by atoms with E-state index >= 15 is 0 Å². The summed E-state index contributed by atoms with van der Waals surface area (Å²) in [6.45, 7) is 5.21. The Kier molecular flexibility index (Phi) is 5.37. The Hall–Kier alpha value is -2.06. The first-order valence-corrected chi connectivity index (χ1v) is 8.12. The highest BCUT2D eigenvalue weighted by molar-refractivity contribution is 5.93. The first kappa shape index (κ1) is 16.8. The Balaban J connectivity index is 1.47. The van der Waals surface area contributed by atoms with E-state index in [0.717, 1.165) is 39.0 Å². The maximum absolute atomic E-state index is 12.8. The SMILES string of the molecule is O=C(N[C@@H]1CC(=O)N(CCN2CCOCC2)C1)c1ccc(F)cn1. The number of hydrogen-bond acceptors (Lipinski definition) is 5. The maximum atomic E-state index is 12.8. The molecule has 0 aromatic carbocycles. The minimum atomic E-state index is -0.489. The number of nitrogens with zero attached hydrogens (tertiary/aromatic N) is 3. The summed E-state index contributed by atoms with van der Waals surface area (Å²) in [5, 5.41) is 2.79. The maximum Gasteiger partial charge on any atom is 0.270 e. The molecule has 0 radical (unpaired) electrons. The highest BCUT2D eigenvalue weighted by Crippen LogP contribution is 2.12. The standard InChI is InChI=1S/C16H21FN4O3/c17-12-1-2-14(18-10-12)16(23)19-13-9-15(22)21(11-13)4-3-20-5-7-24-8-6-20/h1-2,10,13H,3-9,11H2,(H,19,23)/t13-/m1/s1. The van der Waals surface area contributed by atoms with E-state index in [-0.39, 0.29) is 30.0 Å². The highest BCUT2D eigenvalue weighted by atomic mass is 19.1. The summed E-state index contributed by atoms with van der Waals surface area (Å²) in [5.41, 5.74) is 0.149. The zero-order chi connectivity index (χ0) is 16.9. The molecule has 1 aromatic heterocycles. The second-order valence-corrected chi connectivity index (χ2v) is 6.03. The molecule has 3 rings (SSSR count). The van der Waals surface area contributed by atoms with Crippen molar-refractivity contribution in [3.05, 3.63) is 29.8 Å². The highest BCUT2D eigenvalue weighted by Gasteiger charge is 2.31. The van der Waals surface area contributed by atoms with Crippen LogP contribution in [-0.2, 0) is 9.53 Å². The molecule has 1 N–H and O–H groups in total. The fourth-order valence-electron chi connectivity index (χ4n) is 2.94. The zero-order valence-electron chi connectivity index (χ0n) is 13.4. The van der Waals surface area contributed by atoms with Crippen LogP contribution < -0.4 is 5.32 Å². The molecule has 3 heterocycles. The topological polar surface area (TPSA) is 74.8 Å². The van der Waals surface area contributed by atoms with Gasteiger partial charge in [0.2, 0.25) is 5.91 Å². The molecule has 2 saturated heterocycles. The van der Waals surface area contributed by atoms with Gasteiger partial charge in [-0.3, -0.25) is 14.5 Å². The Labute approximate surface area is 139 Å². The molecule has 7 nitrogen and oxygen atoms in total. The van der Waals surface area contributed by atoms with Gasteiger partial charge < -0.3 is 15.0 Å². The van der Waals surface area contributed by atoms with E-state index in [2.05, 4.69) is 15.2 Å². The first-order chi connectivity index (χ1) is 11.6. The van der Waals surface area contributed by atoms with Crippen molar-refractivity contribution in [1.29, 1.82) is 0 Å². The van der Waals surface area contributed by atoms with Crippen molar-refractivity contribution in [3.8, 4) is 0 Å². The lowest BCUT2D eigenvalue weighted by Crippen LogP contribution is -2.43. The van der Waals surface area contributed by atoms with E-state index in [1.165, 1.54) is 12.1 Å². The molecule has 2 aliphatic rings. The number of morpholine rings is 1. The van der Waals surface area contributed by atoms with Gasteiger partial charge in [-0.05, 0) is 12.1 Å². The largest absolute Gasteiger partial charge is 0.379 e. The number of aromatic nitrogens is 1. The molecule has 0 saturated carbocycles. The van der Waals surface area contributed by atoms with Gasteiger partial charge in [-0.1, -0.05) is 0 Å². The van der Waals surface area contributed by atoms with E-state index in [0.29, 0.717) is 13.1 Å². The van der Waals surface area contributed by atoms with Gasteiger partial charge in [-0.25, -0.2) is 9.37 Å². The molecule has 24 heavy (non-hydrogen) atoms. The van der Waals surface area contributed by atoms with Crippen molar-refractivity contribution < 1.29 is 18.7 Å². The van der Waals surface area contributed by atoms with Crippen LogP contribution in [0.5, 0.6) is 0 Å². The summed E-state index contributed by atoms with van der Waals surface area (Å²) in [6, 6.07) is 2.29. The number of likely N-dealkylation sites (tertiary alicyclic amines) is 1. The molecule has 0 unspecified atom stereocenters. The molecule has 2 aliphatic heterocycles. The van der Waals surface area contributed by atoms with Gasteiger partial charge in [0.25, 0.3) is 5.91 Å². The third kappa shape index (κ3) is 4.27. The second kappa shape index (κ2) is 7.67. The van der Waals surface area contributed by atoms with Crippen LogP contribution >= 0.6 is 0 Å². The lowest BCUT2D eigenvalue weighted by Gasteiger charge is -2.28. The summed E-state index contributed by atoms with van der Waals surface area (Å²) >= 11 is 0. The lowest BCUT2D eigenvalue weighted by molar-refractivity contribution is -0.128. The van der Waals surface area contributed by atoms with Crippen LogP contribution in [0.3, 0.4) is 0 Å².